The molecule has 1 N–H and O–H groups in total. The van der Waals surface area contributed by atoms with Gasteiger partial charge in [0.25, 0.3) is 5.91 Å². The summed E-state index contributed by atoms with van der Waals surface area (Å²) in [5, 5.41) is 7.59. The van der Waals surface area contributed by atoms with Gasteiger partial charge in [0.1, 0.15) is 4.88 Å². The minimum atomic E-state index is -0.0629. The molecule has 0 aliphatic rings. The molecule has 78 valence electrons. The lowest BCUT2D eigenvalue weighted by molar-refractivity contribution is 0.0956. The third kappa shape index (κ3) is 3.34. The maximum Gasteiger partial charge on any atom is 0.264 e. The Labute approximate surface area is 95.4 Å². The van der Waals surface area contributed by atoms with Gasteiger partial charge in [-0.05, 0) is 31.3 Å². The van der Waals surface area contributed by atoms with Crippen LogP contribution in [0.15, 0.2) is 0 Å². The molecule has 0 atom stereocenters. The van der Waals surface area contributed by atoms with Gasteiger partial charge in [-0.25, -0.2) is 0 Å². The smallest absolute Gasteiger partial charge is 0.264 e. The molecule has 1 aromatic heterocycles. The van der Waals surface area contributed by atoms with Crippen LogP contribution in [-0.4, -0.2) is 27.4 Å². The second kappa shape index (κ2) is 6.08. The molecule has 1 amide bonds. The van der Waals surface area contributed by atoms with Crippen LogP contribution < -0.4 is 5.32 Å². The zero-order valence-electron chi connectivity index (χ0n) is 7.92. The van der Waals surface area contributed by atoms with E-state index in [9.17, 15) is 4.79 Å². The molecule has 14 heavy (non-hydrogen) atoms. The number of hydrogen-bond acceptors (Lipinski definition) is 4. The number of carbonyl (C=O) groups excluding carboxylic acids is 1. The number of aromatic nitrogens is 2. The molecule has 0 unspecified atom stereocenters. The first-order valence-electron chi connectivity index (χ1n) is 4.39. The van der Waals surface area contributed by atoms with E-state index in [0.717, 1.165) is 29.7 Å². The van der Waals surface area contributed by atoms with Crippen molar-refractivity contribution in [1.29, 1.82) is 0 Å². The number of hydrogen-bond donors (Lipinski definition) is 1. The van der Waals surface area contributed by atoms with Gasteiger partial charge in [-0.15, -0.1) is 5.10 Å². The third-order valence-electron chi connectivity index (χ3n) is 1.70. The van der Waals surface area contributed by atoms with E-state index in [1.807, 2.05) is 0 Å². The van der Waals surface area contributed by atoms with Gasteiger partial charge in [-0.3, -0.25) is 4.79 Å². The van der Waals surface area contributed by atoms with E-state index >= 15 is 0 Å². The highest BCUT2D eigenvalue weighted by atomic mass is 79.9. The first kappa shape index (κ1) is 11.6. The number of halogens is 1. The lowest BCUT2D eigenvalue weighted by atomic mass is 10.3. The van der Waals surface area contributed by atoms with Crippen LogP contribution in [0.1, 0.15) is 28.2 Å². The average Bonchev–Trinajstić information content (AvgIpc) is 2.59. The number of nitrogens with zero attached hydrogens (tertiary/aromatic N) is 2. The topological polar surface area (TPSA) is 54.9 Å². The summed E-state index contributed by atoms with van der Waals surface area (Å²) >= 11 is 4.48. The van der Waals surface area contributed by atoms with Crippen molar-refractivity contribution in [2.75, 3.05) is 11.9 Å². The molecule has 4 nitrogen and oxygen atoms in total. The van der Waals surface area contributed by atoms with E-state index in [2.05, 4.69) is 30.8 Å². The Morgan fingerprint density at radius 2 is 2.36 bits per heavy atom. The fraction of sp³-hybridized carbons (Fsp3) is 0.625. The predicted octanol–water partition coefficient (Wildman–Crippen LogP) is 1.75. The highest BCUT2D eigenvalue weighted by Gasteiger charge is 2.11. The Bertz CT molecular complexity index is 303. The van der Waals surface area contributed by atoms with Crippen LogP contribution in [0.2, 0.25) is 0 Å². The lowest BCUT2D eigenvalue weighted by Crippen LogP contribution is -2.24. The van der Waals surface area contributed by atoms with Crippen molar-refractivity contribution in [3.05, 3.63) is 10.6 Å². The van der Waals surface area contributed by atoms with Gasteiger partial charge in [0.2, 0.25) is 0 Å². The molecular weight excluding hydrogens is 266 g/mol. The molecule has 0 aliphatic heterocycles. The second-order valence-corrected chi connectivity index (χ2v) is 4.39. The number of alkyl halides is 1. The first-order chi connectivity index (χ1) is 6.75. The molecule has 0 bridgehead atoms. The summed E-state index contributed by atoms with van der Waals surface area (Å²) in [6, 6.07) is 0. The first-order valence-corrected chi connectivity index (χ1v) is 6.28. The fourth-order valence-corrected chi connectivity index (χ4v) is 1.91. The molecule has 0 spiro atoms. The molecule has 0 aromatic carbocycles. The minimum Gasteiger partial charge on any atom is -0.351 e. The van der Waals surface area contributed by atoms with Gasteiger partial charge in [0.15, 0.2) is 0 Å². The Hall–Kier alpha value is -0.490. The third-order valence-corrected chi connectivity index (χ3v) is 3.09. The largest absolute Gasteiger partial charge is 0.351 e. The van der Waals surface area contributed by atoms with Gasteiger partial charge in [0, 0.05) is 11.9 Å². The maximum atomic E-state index is 11.5. The second-order valence-electron chi connectivity index (χ2n) is 2.84. The summed E-state index contributed by atoms with van der Waals surface area (Å²) in [7, 11) is 0. The van der Waals surface area contributed by atoms with E-state index in [1.54, 1.807) is 6.92 Å². The molecule has 6 heteroatoms. The molecule has 0 aliphatic carbocycles. The molecular formula is C8H12BrN3OS. The van der Waals surface area contributed by atoms with Crippen LogP contribution >= 0.6 is 27.5 Å². The summed E-state index contributed by atoms with van der Waals surface area (Å²) in [5.74, 6) is -0.0629. The quantitative estimate of drug-likeness (QED) is 0.659. The van der Waals surface area contributed by atoms with Gasteiger partial charge in [-0.1, -0.05) is 20.4 Å². The summed E-state index contributed by atoms with van der Waals surface area (Å²) in [6.07, 6.45) is 2.06. The molecule has 0 saturated heterocycles. The van der Waals surface area contributed by atoms with E-state index in [-0.39, 0.29) is 5.91 Å². The highest BCUT2D eigenvalue weighted by molar-refractivity contribution is 9.09. The number of carbonyl (C=O) groups is 1. The lowest BCUT2D eigenvalue weighted by Gasteiger charge is -2.01. The monoisotopic (exact) mass is 277 g/mol. The Morgan fingerprint density at radius 3 is 2.93 bits per heavy atom. The van der Waals surface area contributed by atoms with Crippen LogP contribution in [0.4, 0.5) is 0 Å². The summed E-state index contributed by atoms with van der Waals surface area (Å²) < 4.78 is 3.71. The molecule has 0 saturated carbocycles. The molecule has 1 heterocycles. The van der Waals surface area contributed by atoms with Crippen molar-refractivity contribution in [1.82, 2.24) is 14.9 Å². The molecule has 0 fully saturated rings. The predicted molar refractivity (Wildman–Crippen MR) is 60.0 cm³/mol. The van der Waals surface area contributed by atoms with Crippen LogP contribution in [0.25, 0.3) is 0 Å². The van der Waals surface area contributed by atoms with Crippen LogP contribution in [-0.2, 0) is 0 Å². The number of rotatable bonds is 5. The minimum absolute atomic E-state index is 0.0629. The fourth-order valence-electron chi connectivity index (χ4n) is 0.941. The Morgan fingerprint density at radius 1 is 1.57 bits per heavy atom. The van der Waals surface area contributed by atoms with E-state index in [1.165, 1.54) is 0 Å². The standard InChI is InChI=1S/C8H12BrN3OS/c1-6-7(14-12-11-6)8(13)10-5-3-2-4-9/h2-5H2,1H3,(H,10,13). The van der Waals surface area contributed by atoms with Crippen molar-refractivity contribution in [2.24, 2.45) is 0 Å². The summed E-state index contributed by atoms with van der Waals surface area (Å²) in [6.45, 7) is 2.50. The number of nitrogens with one attached hydrogen (secondary N) is 1. The van der Waals surface area contributed by atoms with E-state index in [0.29, 0.717) is 17.1 Å². The van der Waals surface area contributed by atoms with Crippen LogP contribution in [0, 0.1) is 6.92 Å². The molecule has 0 radical (unpaired) electrons. The zero-order valence-corrected chi connectivity index (χ0v) is 10.3. The van der Waals surface area contributed by atoms with Crippen molar-refractivity contribution in [2.45, 2.75) is 19.8 Å². The van der Waals surface area contributed by atoms with Gasteiger partial charge >= 0.3 is 0 Å². The van der Waals surface area contributed by atoms with Crippen molar-refractivity contribution in [3.8, 4) is 0 Å². The summed E-state index contributed by atoms with van der Waals surface area (Å²) in [5.41, 5.74) is 0.702. The maximum absolute atomic E-state index is 11.5. The number of unbranched alkanes of at least 4 members (excludes halogenated alkanes) is 1. The van der Waals surface area contributed by atoms with Crippen molar-refractivity contribution in [3.63, 3.8) is 0 Å². The van der Waals surface area contributed by atoms with Gasteiger partial charge in [-0.2, -0.15) is 0 Å². The highest BCUT2D eigenvalue weighted by Crippen LogP contribution is 2.08. The Kier molecular flexibility index (Phi) is 5.03. The molecule has 1 aromatic rings. The van der Waals surface area contributed by atoms with E-state index < -0.39 is 0 Å². The van der Waals surface area contributed by atoms with Crippen LogP contribution in [0.5, 0.6) is 0 Å². The van der Waals surface area contributed by atoms with Crippen molar-refractivity contribution < 1.29 is 4.79 Å². The average molecular weight is 278 g/mol. The SMILES string of the molecule is Cc1nnsc1C(=O)NCCCCBr. The van der Waals surface area contributed by atoms with Crippen molar-refractivity contribution >= 4 is 33.4 Å². The van der Waals surface area contributed by atoms with E-state index in [4.69, 9.17) is 0 Å². The van der Waals surface area contributed by atoms with Crippen LogP contribution in [0.3, 0.4) is 0 Å². The Balaban J connectivity index is 2.32. The van der Waals surface area contributed by atoms with Gasteiger partial charge in [0.05, 0.1) is 5.69 Å². The number of aryl methyl sites for hydroxylation is 1. The number of amides is 1. The van der Waals surface area contributed by atoms with Gasteiger partial charge < -0.3 is 5.32 Å². The molecule has 1 rings (SSSR count). The summed E-state index contributed by atoms with van der Waals surface area (Å²) in [4.78, 5) is 12.1. The zero-order chi connectivity index (χ0) is 10.4. The normalized spacial score (nSPS) is 10.1.